The van der Waals surface area contributed by atoms with Crippen molar-refractivity contribution in [2.75, 3.05) is 38.5 Å². The number of methoxy groups -OCH3 is 2. The van der Waals surface area contributed by atoms with Gasteiger partial charge in [0.15, 0.2) is 17.2 Å². The first-order valence-electron chi connectivity index (χ1n) is 10.6. The lowest BCUT2D eigenvalue weighted by molar-refractivity contribution is -0.189. The van der Waals surface area contributed by atoms with E-state index in [0.29, 0.717) is 22.7 Å². The van der Waals surface area contributed by atoms with Gasteiger partial charge >= 0.3 is 12.1 Å². The Bertz CT molecular complexity index is 1590. The van der Waals surface area contributed by atoms with Gasteiger partial charge in [-0.1, -0.05) is 0 Å². The molecule has 11 nitrogen and oxygen atoms in total. The van der Waals surface area contributed by atoms with Gasteiger partial charge in [0.2, 0.25) is 11.9 Å². The normalized spacial score (nSPS) is 11.5. The zero-order valence-corrected chi connectivity index (χ0v) is 20.3. The maximum absolute atomic E-state index is 13.0. The Morgan fingerprint density at radius 1 is 1.00 bits per heavy atom. The molecular formula is C23H21F3N6O5. The van der Waals surface area contributed by atoms with Gasteiger partial charge in [-0.15, -0.1) is 0 Å². The molecule has 0 amide bonds. The number of nitrogens with one attached hydrogen (secondary N) is 2. The molecule has 0 spiro atoms. The number of carbonyl (C=O) groups is 1. The number of fused-ring (bicyclic) bond motifs is 2. The second-order valence-corrected chi connectivity index (χ2v) is 7.98. The lowest BCUT2D eigenvalue weighted by Crippen LogP contribution is -2.29. The maximum atomic E-state index is 13.0. The van der Waals surface area contributed by atoms with Gasteiger partial charge in [-0.3, -0.25) is 15.1 Å². The minimum absolute atomic E-state index is 0.0125. The van der Waals surface area contributed by atoms with Crippen LogP contribution in [0, 0.1) is 6.92 Å². The average Bonchev–Trinajstić information content (AvgIpc) is 2.82. The van der Waals surface area contributed by atoms with Crippen molar-refractivity contribution in [2.24, 2.45) is 0 Å². The van der Waals surface area contributed by atoms with E-state index < -0.39 is 23.5 Å². The highest BCUT2D eigenvalue weighted by atomic mass is 19.4. The molecule has 194 valence electrons. The van der Waals surface area contributed by atoms with E-state index in [1.165, 1.54) is 39.3 Å². The number of halogens is 3. The predicted octanol–water partition coefficient (Wildman–Crippen LogP) is 3.47. The number of aromatic nitrogens is 4. The summed E-state index contributed by atoms with van der Waals surface area (Å²) in [6, 6.07) is 5.83. The van der Waals surface area contributed by atoms with Crippen molar-refractivity contribution < 1.29 is 32.2 Å². The molecular weight excluding hydrogens is 497 g/mol. The van der Waals surface area contributed by atoms with Crippen LogP contribution in [0.15, 0.2) is 29.1 Å². The number of benzene rings is 2. The smallest absolute Gasteiger partial charge is 0.491 e. The molecule has 2 heterocycles. The number of ether oxygens (including phenoxy) is 3. The molecule has 0 fully saturated rings. The van der Waals surface area contributed by atoms with Crippen LogP contribution in [0.5, 0.6) is 17.2 Å². The molecule has 4 rings (SSSR count). The van der Waals surface area contributed by atoms with E-state index in [1.54, 1.807) is 19.1 Å². The summed E-state index contributed by atoms with van der Waals surface area (Å²) >= 11 is 0. The van der Waals surface area contributed by atoms with Gasteiger partial charge in [0, 0.05) is 25.5 Å². The molecule has 2 aromatic heterocycles. The number of aryl methyl sites for hydroxylation is 1. The summed E-state index contributed by atoms with van der Waals surface area (Å²) < 4.78 is 53.3. The fraction of sp³-hybridized carbons (Fsp3) is 0.261. The van der Waals surface area contributed by atoms with Crippen molar-refractivity contribution in [3.63, 3.8) is 0 Å². The van der Waals surface area contributed by atoms with Crippen molar-refractivity contribution in [1.29, 1.82) is 0 Å². The lowest BCUT2D eigenvalue weighted by Gasteiger charge is -2.19. The van der Waals surface area contributed by atoms with E-state index in [1.807, 2.05) is 0 Å². The number of rotatable bonds is 6. The van der Waals surface area contributed by atoms with Gasteiger partial charge in [0.25, 0.3) is 5.56 Å². The molecule has 0 bridgehead atoms. The zero-order chi connectivity index (χ0) is 27.1. The number of carbonyl (C=O) groups excluding carboxylic acids is 1. The Hall–Kier alpha value is -4.62. The highest BCUT2D eigenvalue weighted by molar-refractivity contribution is 5.96. The molecule has 0 aliphatic rings. The monoisotopic (exact) mass is 518 g/mol. The van der Waals surface area contributed by atoms with E-state index in [-0.39, 0.29) is 28.5 Å². The first-order chi connectivity index (χ1) is 17.4. The molecule has 14 heteroatoms. The van der Waals surface area contributed by atoms with Crippen LogP contribution in [-0.2, 0) is 4.79 Å². The third-order valence-corrected chi connectivity index (χ3v) is 5.31. The largest absolute Gasteiger partial charge is 0.493 e. The minimum atomic E-state index is -5.20. The van der Waals surface area contributed by atoms with Crippen LogP contribution in [0.1, 0.15) is 5.69 Å². The van der Waals surface area contributed by atoms with Crippen molar-refractivity contribution in [3.05, 3.63) is 40.3 Å². The Labute approximate surface area is 207 Å². The number of hydrogen-bond donors (Lipinski definition) is 2. The fourth-order valence-corrected chi connectivity index (χ4v) is 3.71. The summed E-state index contributed by atoms with van der Waals surface area (Å²) in [6.45, 7) is 1.77. The number of aromatic amines is 1. The van der Waals surface area contributed by atoms with Crippen LogP contribution in [0.3, 0.4) is 0 Å². The van der Waals surface area contributed by atoms with Crippen LogP contribution in [-0.4, -0.2) is 60.4 Å². The molecule has 0 unspecified atom stereocenters. The van der Waals surface area contributed by atoms with E-state index in [4.69, 9.17) is 9.47 Å². The quantitative estimate of drug-likeness (QED) is 0.289. The third-order valence-electron chi connectivity index (χ3n) is 5.31. The number of nitrogens with zero attached hydrogens (tertiary/aromatic N) is 4. The number of esters is 1. The number of hydrogen-bond acceptors (Lipinski definition) is 10. The van der Waals surface area contributed by atoms with Crippen LogP contribution in [0.25, 0.3) is 21.8 Å². The Balaban J connectivity index is 1.76. The van der Waals surface area contributed by atoms with E-state index in [9.17, 15) is 22.8 Å². The molecule has 37 heavy (non-hydrogen) atoms. The Morgan fingerprint density at radius 2 is 1.68 bits per heavy atom. The van der Waals surface area contributed by atoms with Gasteiger partial charge in [-0.2, -0.15) is 13.2 Å². The molecule has 2 N–H and O–H groups in total. The van der Waals surface area contributed by atoms with E-state index in [2.05, 4.69) is 30.0 Å². The summed E-state index contributed by atoms with van der Waals surface area (Å²) in [6.07, 6.45) is -5.20. The van der Waals surface area contributed by atoms with Gasteiger partial charge < -0.3 is 19.1 Å². The number of H-pyrrole nitrogens is 1. The van der Waals surface area contributed by atoms with Crippen LogP contribution in [0.4, 0.5) is 30.8 Å². The van der Waals surface area contributed by atoms with Crippen molar-refractivity contribution in [2.45, 2.75) is 13.1 Å². The lowest BCUT2D eigenvalue weighted by atomic mass is 10.1. The highest BCUT2D eigenvalue weighted by Gasteiger charge is 2.42. The summed E-state index contributed by atoms with van der Waals surface area (Å²) in [7, 11) is 5.99. The van der Waals surface area contributed by atoms with E-state index in [0.717, 1.165) is 11.5 Å². The van der Waals surface area contributed by atoms with Gasteiger partial charge in [0.05, 0.1) is 42.0 Å². The topological polar surface area (TPSA) is 132 Å². The summed E-state index contributed by atoms with van der Waals surface area (Å²) in [5, 5.41) is 3.49. The van der Waals surface area contributed by atoms with E-state index >= 15 is 0 Å². The molecule has 2 aromatic carbocycles. The number of anilines is 3. The predicted molar refractivity (Wildman–Crippen MR) is 129 cm³/mol. The minimum Gasteiger partial charge on any atom is -0.493 e. The summed E-state index contributed by atoms with van der Waals surface area (Å²) in [5.41, 5.74) is 0.550. The summed E-state index contributed by atoms with van der Waals surface area (Å²) in [4.78, 5) is 41.4. The second kappa shape index (κ2) is 9.44. The van der Waals surface area contributed by atoms with Gasteiger partial charge in [-0.25, -0.2) is 19.7 Å². The zero-order valence-electron chi connectivity index (χ0n) is 20.3. The van der Waals surface area contributed by atoms with Gasteiger partial charge in [-0.05, 0) is 25.1 Å². The molecule has 0 saturated heterocycles. The van der Waals surface area contributed by atoms with Gasteiger partial charge in [0.1, 0.15) is 0 Å². The third kappa shape index (κ3) is 4.90. The Kier molecular flexibility index (Phi) is 6.50. The second-order valence-electron chi connectivity index (χ2n) is 7.98. The molecule has 0 saturated carbocycles. The maximum Gasteiger partial charge on any atom is 0.491 e. The van der Waals surface area contributed by atoms with Crippen LogP contribution in [0.2, 0.25) is 0 Å². The molecule has 0 radical (unpaired) electrons. The molecule has 4 aromatic rings. The van der Waals surface area contributed by atoms with Crippen molar-refractivity contribution in [3.8, 4) is 17.2 Å². The molecule has 0 aliphatic carbocycles. The van der Waals surface area contributed by atoms with Crippen molar-refractivity contribution in [1.82, 2.24) is 19.9 Å². The highest BCUT2D eigenvalue weighted by Crippen LogP contribution is 2.35. The average molecular weight is 518 g/mol. The van der Waals surface area contributed by atoms with Crippen LogP contribution >= 0.6 is 0 Å². The first-order valence-corrected chi connectivity index (χ1v) is 10.6. The Morgan fingerprint density at radius 3 is 2.30 bits per heavy atom. The molecule has 0 aliphatic heterocycles. The van der Waals surface area contributed by atoms with Crippen LogP contribution < -0.4 is 30.0 Å². The fourth-order valence-electron chi connectivity index (χ4n) is 3.71. The number of alkyl halides is 3. The standard InChI is InChI=1S/C23H21F3N6O5/c1-10-11-8-15(35-4)16(36-5)9-13(11)29-21(27-10)31-22-28-12-6-7-14(37-20(34)23(24,25)26)18(32(2)3)17(12)19(33)30-22/h6-9H,1-5H3,(H2,27,28,29,30,31,33). The first kappa shape index (κ1) is 25.5. The summed E-state index contributed by atoms with van der Waals surface area (Å²) in [5.74, 6) is -1.75. The SMILES string of the molecule is COc1cc2nc(Nc3nc4ccc(OC(=O)C(F)(F)F)c(N(C)C)c4c(=O)[nH]3)nc(C)c2cc1OC. The molecule has 0 atom stereocenters. The van der Waals surface area contributed by atoms with Crippen molar-refractivity contribution >= 4 is 45.4 Å².